The molecule has 0 saturated carbocycles. The van der Waals surface area contributed by atoms with Crippen LogP contribution < -0.4 is 10.6 Å². The predicted molar refractivity (Wildman–Crippen MR) is 88.4 cm³/mol. The minimum atomic E-state index is -0.882. The summed E-state index contributed by atoms with van der Waals surface area (Å²) in [6.07, 6.45) is 0.357. The van der Waals surface area contributed by atoms with E-state index in [4.69, 9.17) is 5.11 Å². The van der Waals surface area contributed by atoms with Gasteiger partial charge in [-0.25, -0.2) is 4.79 Å². The first-order valence-corrected chi connectivity index (χ1v) is 7.91. The third-order valence-electron chi connectivity index (χ3n) is 3.17. The van der Waals surface area contributed by atoms with Crippen molar-refractivity contribution < 1.29 is 14.7 Å². The number of hydrogen-bond acceptors (Lipinski definition) is 5. The standard InChI is InChI=1S/C15H18N4O3S/c1-15(2,8-7-12(20)21)18-14(22)17-11-5-3-10(4-6-11)13-19-16-9-23-13/h3-6,9H,7-8H2,1-2H3,(H,20,21)(H2,17,18,22). The molecule has 0 aliphatic rings. The fraction of sp³-hybridized carbons (Fsp3) is 0.333. The van der Waals surface area contributed by atoms with E-state index in [1.807, 2.05) is 12.1 Å². The van der Waals surface area contributed by atoms with Crippen LogP contribution in [0.5, 0.6) is 0 Å². The molecule has 1 aromatic heterocycles. The third kappa shape index (κ3) is 5.33. The number of rotatable bonds is 6. The van der Waals surface area contributed by atoms with Crippen LogP contribution in [0, 0.1) is 0 Å². The van der Waals surface area contributed by atoms with Crippen LogP contribution in [0.15, 0.2) is 29.8 Å². The lowest BCUT2D eigenvalue weighted by atomic mass is 9.99. The summed E-state index contributed by atoms with van der Waals surface area (Å²) in [5.41, 5.74) is 2.63. The average Bonchev–Trinajstić information content (AvgIpc) is 2.99. The van der Waals surface area contributed by atoms with E-state index in [0.29, 0.717) is 12.1 Å². The van der Waals surface area contributed by atoms with Crippen LogP contribution in [0.3, 0.4) is 0 Å². The first kappa shape index (κ1) is 16.9. The molecule has 0 spiro atoms. The van der Waals surface area contributed by atoms with Crippen LogP contribution in [0.1, 0.15) is 26.7 Å². The average molecular weight is 334 g/mol. The van der Waals surface area contributed by atoms with Crippen LogP contribution in [-0.2, 0) is 4.79 Å². The number of nitrogens with one attached hydrogen (secondary N) is 2. The van der Waals surface area contributed by atoms with Crippen molar-refractivity contribution in [1.29, 1.82) is 0 Å². The van der Waals surface area contributed by atoms with Crippen molar-refractivity contribution in [3.8, 4) is 10.6 Å². The van der Waals surface area contributed by atoms with Gasteiger partial charge in [0, 0.05) is 23.2 Å². The molecule has 8 heteroatoms. The van der Waals surface area contributed by atoms with Gasteiger partial charge < -0.3 is 15.7 Å². The van der Waals surface area contributed by atoms with Crippen molar-refractivity contribution in [2.45, 2.75) is 32.2 Å². The lowest BCUT2D eigenvalue weighted by Gasteiger charge is -2.25. The van der Waals surface area contributed by atoms with Crippen LogP contribution in [0.4, 0.5) is 10.5 Å². The Morgan fingerprint density at radius 1 is 1.26 bits per heavy atom. The first-order valence-electron chi connectivity index (χ1n) is 7.03. The smallest absolute Gasteiger partial charge is 0.319 e. The number of urea groups is 1. The topological polar surface area (TPSA) is 104 Å². The fourth-order valence-electron chi connectivity index (χ4n) is 1.95. The van der Waals surface area contributed by atoms with Crippen LogP contribution in [0.25, 0.3) is 10.6 Å². The highest BCUT2D eigenvalue weighted by atomic mass is 32.1. The SMILES string of the molecule is CC(C)(CCC(=O)O)NC(=O)Nc1ccc(-c2nncs2)cc1. The Kier molecular flexibility index (Phi) is 5.28. The van der Waals surface area contributed by atoms with Crippen molar-refractivity contribution in [3.63, 3.8) is 0 Å². The molecule has 0 unspecified atom stereocenters. The number of benzene rings is 1. The molecule has 2 amide bonds. The predicted octanol–water partition coefficient (Wildman–Crippen LogP) is 2.97. The molecule has 1 aromatic carbocycles. The molecule has 122 valence electrons. The molecule has 1 heterocycles. The van der Waals surface area contributed by atoms with Gasteiger partial charge in [-0.15, -0.1) is 10.2 Å². The summed E-state index contributed by atoms with van der Waals surface area (Å²) >= 11 is 1.44. The normalized spacial score (nSPS) is 11.0. The highest BCUT2D eigenvalue weighted by Crippen LogP contribution is 2.22. The van der Waals surface area contributed by atoms with E-state index in [2.05, 4.69) is 20.8 Å². The van der Waals surface area contributed by atoms with E-state index in [1.165, 1.54) is 11.3 Å². The van der Waals surface area contributed by atoms with Crippen LogP contribution in [-0.4, -0.2) is 32.8 Å². The number of carboxylic acids is 1. The largest absolute Gasteiger partial charge is 0.481 e. The molecule has 0 aliphatic carbocycles. The zero-order valence-electron chi connectivity index (χ0n) is 12.9. The minimum Gasteiger partial charge on any atom is -0.481 e. The van der Waals surface area contributed by atoms with Gasteiger partial charge in [0.1, 0.15) is 10.5 Å². The summed E-state index contributed by atoms with van der Waals surface area (Å²) in [6, 6.07) is 6.89. The van der Waals surface area contributed by atoms with Gasteiger partial charge in [0.25, 0.3) is 0 Å². The number of nitrogens with zero attached hydrogens (tertiary/aromatic N) is 2. The van der Waals surface area contributed by atoms with E-state index in [0.717, 1.165) is 10.6 Å². The van der Waals surface area contributed by atoms with E-state index >= 15 is 0 Å². The van der Waals surface area contributed by atoms with E-state index in [9.17, 15) is 9.59 Å². The highest BCUT2D eigenvalue weighted by molar-refractivity contribution is 7.12. The van der Waals surface area contributed by atoms with E-state index in [1.54, 1.807) is 31.5 Å². The number of carbonyl (C=O) groups is 2. The molecule has 2 rings (SSSR count). The minimum absolute atomic E-state index is 0.00380. The molecular formula is C15H18N4O3S. The number of hydrogen-bond donors (Lipinski definition) is 3. The Morgan fingerprint density at radius 2 is 1.96 bits per heavy atom. The third-order valence-corrected chi connectivity index (χ3v) is 3.91. The van der Waals surface area contributed by atoms with Gasteiger partial charge in [0.05, 0.1) is 0 Å². The molecule has 0 aliphatic heterocycles. The van der Waals surface area contributed by atoms with Gasteiger partial charge in [-0.1, -0.05) is 11.3 Å². The Bertz CT molecular complexity index is 669. The van der Waals surface area contributed by atoms with Crippen molar-refractivity contribution >= 4 is 29.0 Å². The van der Waals surface area contributed by atoms with Gasteiger partial charge in [0.2, 0.25) is 0 Å². The summed E-state index contributed by atoms with van der Waals surface area (Å²) in [7, 11) is 0. The van der Waals surface area contributed by atoms with Crippen molar-refractivity contribution in [1.82, 2.24) is 15.5 Å². The maximum atomic E-state index is 12.0. The highest BCUT2D eigenvalue weighted by Gasteiger charge is 2.21. The van der Waals surface area contributed by atoms with E-state index in [-0.39, 0.29) is 12.5 Å². The number of aromatic nitrogens is 2. The maximum absolute atomic E-state index is 12.0. The second kappa shape index (κ2) is 7.19. The summed E-state index contributed by atoms with van der Waals surface area (Å²) < 4.78 is 0. The second-order valence-electron chi connectivity index (χ2n) is 5.68. The fourth-order valence-corrected chi connectivity index (χ4v) is 2.51. The molecule has 0 bridgehead atoms. The first-order chi connectivity index (χ1) is 10.9. The lowest BCUT2D eigenvalue weighted by Crippen LogP contribution is -2.45. The number of aliphatic carboxylic acids is 1. The Labute approximate surface area is 137 Å². The van der Waals surface area contributed by atoms with Gasteiger partial charge >= 0.3 is 12.0 Å². The zero-order valence-corrected chi connectivity index (χ0v) is 13.7. The molecule has 0 saturated heterocycles. The summed E-state index contributed by atoms with van der Waals surface area (Å²) in [6.45, 7) is 3.57. The van der Waals surface area contributed by atoms with Crippen molar-refractivity contribution in [2.24, 2.45) is 0 Å². The van der Waals surface area contributed by atoms with Crippen molar-refractivity contribution in [2.75, 3.05) is 5.32 Å². The van der Waals surface area contributed by atoms with Crippen LogP contribution in [0.2, 0.25) is 0 Å². The molecule has 7 nitrogen and oxygen atoms in total. The molecular weight excluding hydrogens is 316 g/mol. The molecule has 2 aromatic rings. The Morgan fingerprint density at radius 3 is 2.52 bits per heavy atom. The Hall–Kier alpha value is -2.48. The molecule has 0 atom stereocenters. The lowest BCUT2D eigenvalue weighted by molar-refractivity contribution is -0.137. The molecule has 23 heavy (non-hydrogen) atoms. The number of anilines is 1. The summed E-state index contributed by atoms with van der Waals surface area (Å²) in [5, 5.41) is 22.8. The second-order valence-corrected chi connectivity index (χ2v) is 6.51. The maximum Gasteiger partial charge on any atom is 0.319 e. The molecule has 3 N–H and O–H groups in total. The zero-order chi connectivity index (χ0) is 16.9. The van der Waals surface area contributed by atoms with Gasteiger partial charge in [-0.2, -0.15) is 0 Å². The molecule has 0 fully saturated rings. The number of carboxylic acid groups (broad SMARTS) is 1. The Balaban J connectivity index is 1.91. The molecule has 0 radical (unpaired) electrons. The number of carbonyl (C=O) groups excluding carboxylic acids is 1. The van der Waals surface area contributed by atoms with Gasteiger partial charge in [-0.05, 0) is 44.5 Å². The summed E-state index contributed by atoms with van der Waals surface area (Å²) in [5.74, 6) is -0.882. The summed E-state index contributed by atoms with van der Waals surface area (Å²) in [4.78, 5) is 22.6. The quantitative estimate of drug-likeness (QED) is 0.753. The van der Waals surface area contributed by atoms with Gasteiger partial charge in [0.15, 0.2) is 0 Å². The van der Waals surface area contributed by atoms with E-state index < -0.39 is 11.5 Å². The van der Waals surface area contributed by atoms with Gasteiger partial charge in [-0.3, -0.25) is 4.79 Å². The number of amides is 2. The van der Waals surface area contributed by atoms with Crippen LogP contribution >= 0.6 is 11.3 Å². The van der Waals surface area contributed by atoms with Crippen molar-refractivity contribution in [3.05, 3.63) is 29.8 Å². The monoisotopic (exact) mass is 334 g/mol.